The van der Waals surface area contributed by atoms with Crippen LogP contribution in [0.2, 0.25) is 0 Å². The Morgan fingerprint density at radius 2 is 1.94 bits per heavy atom. The Kier molecular flexibility index (Phi) is 4.37. The molecule has 1 fully saturated rings. The van der Waals surface area contributed by atoms with Crippen molar-refractivity contribution in [2.24, 2.45) is 0 Å². The summed E-state index contributed by atoms with van der Waals surface area (Å²) in [5.41, 5.74) is 6.79. The molecule has 3 nitrogen and oxygen atoms in total. The normalized spacial score (nSPS) is 18.2. The zero-order valence-corrected chi connectivity index (χ0v) is 10.7. The second kappa shape index (κ2) is 6.01. The summed E-state index contributed by atoms with van der Waals surface area (Å²) in [6.45, 7) is 0.912. The lowest BCUT2D eigenvalue weighted by molar-refractivity contribution is 0.211. The van der Waals surface area contributed by atoms with E-state index in [4.69, 9.17) is 5.73 Å². The molecule has 0 bridgehead atoms. The second-order valence-electron chi connectivity index (χ2n) is 5.11. The minimum atomic E-state index is 0.622. The summed E-state index contributed by atoms with van der Waals surface area (Å²) in [5, 5.41) is 0. The third-order valence-corrected chi connectivity index (χ3v) is 3.69. The van der Waals surface area contributed by atoms with Crippen molar-refractivity contribution in [2.45, 2.75) is 51.1 Å². The minimum absolute atomic E-state index is 0.622. The van der Waals surface area contributed by atoms with Gasteiger partial charge in [0.15, 0.2) is 0 Å². The Morgan fingerprint density at radius 1 is 1.24 bits per heavy atom. The van der Waals surface area contributed by atoms with Crippen molar-refractivity contribution in [3.8, 4) is 0 Å². The minimum Gasteiger partial charge on any atom is -0.384 e. The van der Waals surface area contributed by atoms with E-state index in [-0.39, 0.29) is 0 Å². The predicted molar refractivity (Wildman–Crippen MR) is 71.6 cm³/mol. The maximum absolute atomic E-state index is 5.71. The number of anilines is 1. The molecule has 0 amide bonds. The highest BCUT2D eigenvalue weighted by atomic mass is 15.1. The van der Waals surface area contributed by atoms with E-state index in [9.17, 15) is 0 Å². The maximum atomic E-state index is 5.71. The molecule has 2 rings (SSSR count). The molecule has 17 heavy (non-hydrogen) atoms. The molecule has 0 spiro atoms. The van der Waals surface area contributed by atoms with E-state index in [1.165, 1.54) is 38.5 Å². The van der Waals surface area contributed by atoms with Crippen LogP contribution < -0.4 is 5.73 Å². The summed E-state index contributed by atoms with van der Waals surface area (Å²) in [6, 6.07) is 6.61. The van der Waals surface area contributed by atoms with Crippen LogP contribution in [-0.2, 0) is 6.54 Å². The SMILES string of the molecule is CN(Cc1cccc(N)n1)C1CCCCCC1. The molecule has 94 valence electrons. The zero-order valence-electron chi connectivity index (χ0n) is 10.7. The highest BCUT2D eigenvalue weighted by Gasteiger charge is 2.17. The van der Waals surface area contributed by atoms with Gasteiger partial charge in [-0.25, -0.2) is 4.98 Å². The summed E-state index contributed by atoms with van der Waals surface area (Å²) in [5.74, 6) is 0.622. The highest BCUT2D eigenvalue weighted by molar-refractivity contribution is 5.28. The molecule has 1 aliphatic carbocycles. The Hall–Kier alpha value is -1.09. The van der Waals surface area contributed by atoms with Crippen LogP contribution in [0.15, 0.2) is 18.2 Å². The first-order valence-electron chi connectivity index (χ1n) is 6.67. The van der Waals surface area contributed by atoms with Crippen molar-refractivity contribution < 1.29 is 0 Å². The van der Waals surface area contributed by atoms with Crippen LogP contribution in [-0.4, -0.2) is 23.0 Å². The van der Waals surface area contributed by atoms with Gasteiger partial charge in [0.1, 0.15) is 5.82 Å². The van der Waals surface area contributed by atoms with Gasteiger partial charge in [-0.05, 0) is 32.0 Å². The van der Waals surface area contributed by atoms with Gasteiger partial charge in [-0.15, -0.1) is 0 Å². The van der Waals surface area contributed by atoms with Crippen molar-refractivity contribution >= 4 is 5.82 Å². The largest absolute Gasteiger partial charge is 0.384 e. The number of rotatable bonds is 3. The van der Waals surface area contributed by atoms with Crippen LogP contribution in [0, 0.1) is 0 Å². The molecule has 0 radical (unpaired) electrons. The number of hydrogen-bond acceptors (Lipinski definition) is 3. The van der Waals surface area contributed by atoms with Crippen molar-refractivity contribution in [2.75, 3.05) is 12.8 Å². The molecule has 1 aromatic heterocycles. The molecule has 3 heteroatoms. The van der Waals surface area contributed by atoms with E-state index >= 15 is 0 Å². The van der Waals surface area contributed by atoms with Crippen LogP contribution in [0.25, 0.3) is 0 Å². The lowest BCUT2D eigenvalue weighted by Crippen LogP contribution is -2.31. The van der Waals surface area contributed by atoms with E-state index in [1.807, 2.05) is 12.1 Å². The fourth-order valence-electron chi connectivity index (χ4n) is 2.67. The number of nitrogens with two attached hydrogens (primary N) is 1. The fraction of sp³-hybridized carbons (Fsp3) is 0.643. The topological polar surface area (TPSA) is 42.1 Å². The molecule has 1 saturated carbocycles. The van der Waals surface area contributed by atoms with Crippen molar-refractivity contribution in [3.05, 3.63) is 23.9 Å². The smallest absolute Gasteiger partial charge is 0.123 e. The summed E-state index contributed by atoms with van der Waals surface area (Å²) in [6.07, 6.45) is 8.22. The molecule has 0 aliphatic heterocycles. The van der Waals surface area contributed by atoms with Gasteiger partial charge >= 0.3 is 0 Å². The van der Waals surface area contributed by atoms with Gasteiger partial charge < -0.3 is 5.73 Å². The van der Waals surface area contributed by atoms with Gasteiger partial charge in [0.05, 0.1) is 5.69 Å². The number of aromatic nitrogens is 1. The number of pyridine rings is 1. The van der Waals surface area contributed by atoms with Gasteiger partial charge in [0.2, 0.25) is 0 Å². The lowest BCUT2D eigenvalue weighted by Gasteiger charge is -2.26. The molecule has 1 aromatic rings. The van der Waals surface area contributed by atoms with Crippen LogP contribution >= 0.6 is 0 Å². The van der Waals surface area contributed by atoms with E-state index in [1.54, 1.807) is 0 Å². The molecule has 0 saturated heterocycles. The Balaban J connectivity index is 1.93. The van der Waals surface area contributed by atoms with Crippen LogP contribution in [0.1, 0.15) is 44.2 Å². The van der Waals surface area contributed by atoms with E-state index in [0.717, 1.165) is 18.3 Å². The summed E-state index contributed by atoms with van der Waals surface area (Å²) < 4.78 is 0. The molecule has 1 aliphatic rings. The first-order valence-corrected chi connectivity index (χ1v) is 6.67. The molecular formula is C14H23N3. The first kappa shape index (κ1) is 12.4. The van der Waals surface area contributed by atoms with Gasteiger partial charge in [0.25, 0.3) is 0 Å². The summed E-state index contributed by atoms with van der Waals surface area (Å²) in [4.78, 5) is 6.81. The summed E-state index contributed by atoms with van der Waals surface area (Å²) >= 11 is 0. The second-order valence-corrected chi connectivity index (χ2v) is 5.11. The van der Waals surface area contributed by atoms with Gasteiger partial charge in [-0.3, -0.25) is 4.90 Å². The fourth-order valence-corrected chi connectivity index (χ4v) is 2.67. The van der Waals surface area contributed by atoms with Crippen LogP contribution in [0.5, 0.6) is 0 Å². The number of nitrogen functional groups attached to an aromatic ring is 1. The molecule has 1 heterocycles. The van der Waals surface area contributed by atoms with E-state index < -0.39 is 0 Å². The van der Waals surface area contributed by atoms with Gasteiger partial charge in [-0.1, -0.05) is 31.7 Å². The third kappa shape index (κ3) is 3.70. The molecule has 0 aromatic carbocycles. The average molecular weight is 233 g/mol. The van der Waals surface area contributed by atoms with E-state index in [0.29, 0.717) is 5.82 Å². The highest BCUT2D eigenvalue weighted by Crippen LogP contribution is 2.22. The lowest BCUT2D eigenvalue weighted by atomic mass is 10.1. The molecule has 2 N–H and O–H groups in total. The number of hydrogen-bond donors (Lipinski definition) is 1. The zero-order chi connectivity index (χ0) is 12.1. The Labute approximate surface area is 104 Å². The molecule has 0 unspecified atom stereocenters. The Bertz CT molecular complexity index is 343. The third-order valence-electron chi connectivity index (χ3n) is 3.69. The quantitative estimate of drug-likeness (QED) is 0.816. The monoisotopic (exact) mass is 233 g/mol. The first-order chi connectivity index (χ1) is 8.25. The van der Waals surface area contributed by atoms with E-state index in [2.05, 4.69) is 23.0 Å². The molecular weight excluding hydrogens is 210 g/mol. The molecule has 0 atom stereocenters. The summed E-state index contributed by atoms with van der Waals surface area (Å²) in [7, 11) is 2.21. The predicted octanol–water partition coefficient (Wildman–Crippen LogP) is 2.82. The van der Waals surface area contributed by atoms with Crippen molar-refractivity contribution in [1.82, 2.24) is 9.88 Å². The Morgan fingerprint density at radius 3 is 2.59 bits per heavy atom. The average Bonchev–Trinajstić information content (AvgIpc) is 2.57. The standard InChI is InChI=1S/C14H23N3/c1-17(13-8-4-2-3-5-9-13)11-12-7-6-10-14(15)16-12/h6-7,10,13H,2-5,8-9,11H2,1H3,(H2,15,16). The van der Waals surface area contributed by atoms with Gasteiger partial charge in [-0.2, -0.15) is 0 Å². The van der Waals surface area contributed by atoms with Crippen LogP contribution in [0.3, 0.4) is 0 Å². The maximum Gasteiger partial charge on any atom is 0.123 e. The number of nitrogens with zero attached hydrogens (tertiary/aromatic N) is 2. The van der Waals surface area contributed by atoms with Crippen molar-refractivity contribution in [1.29, 1.82) is 0 Å². The van der Waals surface area contributed by atoms with Crippen LogP contribution in [0.4, 0.5) is 5.82 Å². The van der Waals surface area contributed by atoms with Gasteiger partial charge in [0, 0.05) is 12.6 Å². The van der Waals surface area contributed by atoms with Crippen molar-refractivity contribution in [3.63, 3.8) is 0 Å².